The molecule has 11 heteroatoms. The maximum atomic E-state index is 13.5. The summed E-state index contributed by atoms with van der Waals surface area (Å²) >= 11 is 1.19. The lowest BCUT2D eigenvalue weighted by molar-refractivity contribution is -0.115. The van der Waals surface area contributed by atoms with Crippen LogP contribution < -0.4 is 25.1 Å². The Morgan fingerprint density at radius 2 is 1.60 bits per heavy atom. The van der Waals surface area contributed by atoms with Gasteiger partial charge in [-0.1, -0.05) is 67.2 Å². The molecule has 228 valence electrons. The number of rotatable bonds is 11. The normalized spacial score (nSPS) is 11.4. The van der Waals surface area contributed by atoms with Gasteiger partial charge < -0.3 is 19.5 Å². The van der Waals surface area contributed by atoms with Crippen LogP contribution in [0.4, 0.5) is 5.82 Å². The Kier molecular flexibility index (Phi) is 9.55. The summed E-state index contributed by atoms with van der Waals surface area (Å²) in [5.74, 6) is 1.22. The van der Waals surface area contributed by atoms with Crippen LogP contribution in [0.5, 0.6) is 17.2 Å². The second-order valence-corrected chi connectivity index (χ2v) is 11.0. The summed E-state index contributed by atoms with van der Waals surface area (Å²) in [6.07, 6.45) is 0.432. The number of methoxy groups -OCH3 is 3. The SMILES string of the molecule is CCC(Sc1nc(-c2ccccc2)cc(-c2cc(OC)c(OC)c(OC)c2)c1C#N)C(=O)Nc1cc(=O)n(-c2ccccc2)[nH]1. The van der Waals surface area contributed by atoms with E-state index in [0.29, 0.717) is 56.8 Å². The average molecular weight is 622 g/mol. The van der Waals surface area contributed by atoms with Crippen LogP contribution in [0.1, 0.15) is 18.9 Å². The van der Waals surface area contributed by atoms with E-state index in [4.69, 9.17) is 19.2 Å². The first kappa shape index (κ1) is 31.0. The number of amides is 1. The molecule has 2 N–H and O–H groups in total. The highest BCUT2D eigenvalue weighted by Gasteiger charge is 2.25. The summed E-state index contributed by atoms with van der Waals surface area (Å²) in [6.45, 7) is 1.88. The number of hydrogen-bond acceptors (Lipinski definition) is 8. The number of hydrogen-bond donors (Lipinski definition) is 2. The van der Waals surface area contributed by atoms with E-state index >= 15 is 0 Å². The molecule has 5 rings (SSSR count). The first-order chi connectivity index (χ1) is 21.9. The van der Waals surface area contributed by atoms with Crippen LogP contribution in [0.2, 0.25) is 0 Å². The molecule has 0 aliphatic carbocycles. The van der Waals surface area contributed by atoms with Crippen molar-refractivity contribution in [2.75, 3.05) is 26.6 Å². The zero-order valence-electron chi connectivity index (χ0n) is 25.2. The van der Waals surface area contributed by atoms with E-state index in [-0.39, 0.29) is 17.3 Å². The fourth-order valence-corrected chi connectivity index (χ4v) is 5.86. The van der Waals surface area contributed by atoms with E-state index in [0.717, 1.165) is 5.56 Å². The summed E-state index contributed by atoms with van der Waals surface area (Å²) in [5.41, 5.74) is 3.34. The van der Waals surface area contributed by atoms with Crippen molar-refractivity contribution in [3.63, 3.8) is 0 Å². The first-order valence-corrected chi connectivity index (χ1v) is 14.9. The van der Waals surface area contributed by atoms with Gasteiger partial charge in [0.05, 0.1) is 43.5 Å². The third kappa shape index (κ3) is 6.56. The molecule has 0 fully saturated rings. The van der Waals surface area contributed by atoms with Crippen molar-refractivity contribution in [2.45, 2.75) is 23.6 Å². The Morgan fingerprint density at radius 3 is 2.18 bits per heavy atom. The molecule has 0 spiro atoms. The van der Waals surface area contributed by atoms with Crippen LogP contribution in [0.15, 0.2) is 94.7 Å². The molecule has 1 unspecified atom stereocenters. The molecule has 45 heavy (non-hydrogen) atoms. The van der Waals surface area contributed by atoms with Gasteiger partial charge in [0.15, 0.2) is 11.5 Å². The molecule has 1 atom stereocenters. The molecular weight excluding hydrogens is 590 g/mol. The number of nitrogens with one attached hydrogen (secondary N) is 2. The van der Waals surface area contributed by atoms with Crippen molar-refractivity contribution in [2.24, 2.45) is 0 Å². The van der Waals surface area contributed by atoms with Crippen molar-refractivity contribution >= 4 is 23.5 Å². The van der Waals surface area contributed by atoms with Gasteiger partial charge in [0.25, 0.3) is 5.56 Å². The molecule has 0 radical (unpaired) electrons. The fraction of sp³-hybridized carbons (Fsp3) is 0.176. The zero-order valence-corrected chi connectivity index (χ0v) is 26.0. The lowest BCUT2D eigenvalue weighted by Crippen LogP contribution is -2.25. The number of pyridine rings is 1. The van der Waals surface area contributed by atoms with E-state index in [1.165, 1.54) is 43.8 Å². The van der Waals surface area contributed by atoms with Gasteiger partial charge >= 0.3 is 0 Å². The highest BCUT2D eigenvalue weighted by atomic mass is 32.2. The summed E-state index contributed by atoms with van der Waals surface area (Å²) in [7, 11) is 4.58. The Labute approximate surface area is 264 Å². The molecule has 3 aromatic carbocycles. The Bertz CT molecular complexity index is 1890. The van der Waals surface area contributed by atoms with Crippen molar-refractivity contribution in [3.05, 3.63) is 101 Å². The third-order valence-electron chi connectivity index (χ3n) is 7.05. The van der Waals surface area contributed by atoms with E-state index in [1.807, 2.05) is 61.5 Å². The van der Waals surface area contributed by atoms with Gasteiger partial charge in [0.1, 0.15) is 16.9 Å². The van der Waals surface area contributed by atoms with Gasteiger partial charge in [-0.15, -0.1) is 0 Å². The van der Waals surface area contributed by atoms with Gasteiger partial charge in [-0.3, -0.25) is 14.7 Å². The van der Waals surface area contributed by atoms with Crippen LogP contribution in [0.3, 0.4) is 0 Å². The second-order valence-electron chi connectivity index (χ2n) is 9.81. The number of ether oxygens (including phenoxy) is 3. The summed E-state index contributed by atoms with van der Waals surface area (Å²) in [6, 6.07) is 27.7. The molecule has 2 heterocycles. The predicted octanol–water partition coefficient (Wildman–Crippen LogP) is 6.30. The van der Waals surface area contributed by atoms with E-state index in [2.05, 4.69) is 16.5 Å². The standard InChI is InChI=1S/C34H31N5O5S/c1-5-29(33(41)37-30-19-31(40)39(38-30)23-14-10-7-11-15-23)45-34-25(20-35)24(18-26(36-34)21-12-8-6-9-13-21)22-16-27(42-2)32(44-4)28(17-22)43-3/h6-19,29,38H,5H2,1-4H3,(H,37,41). The zero-order chi connectivity index (χ0) is 31.9. The molecule has 0 aliphatic heterocycles. The topological polar surface area (TPSA) is 131 Å². The minimum absolute atomic E-state index is 0.262. The van der Waals surface area contributed by atoms with Crippen LogP contribution >= 0.6 is 11.8 Å². The van der Waals surface area contributed by atoms with E-state index in [1.54, 1.807) is 24.3 Å². The molecule has 0 aliphatic rings. The number of para-hydroxylation sites is 1. The number of benzene rings is 3. The van der Waals surface area contributed by atoms with E-state index < -0.39 is 5.25 Å². The number of nitriles is 1. The molecule has 10 nitrogen and oxygen atoms in total. The summed E-state index contributed by atoms with van der Waals surface area (Å²) in [5, 5.41) is 16.0. The number of thioether (sulfide) groups is 1. The number of carbonyl (C=O) groups excluding carboxylic acids is 1. The molecule has 1 amide bonds. The van der Waals surface area contributed by atoms with Gasteiger partial charge in [-0.05, 0) is 42.3 Å². The van der Waals surface area contributed by atoms with Gasteiger partial charge in [0, 0.05) is 17.2 Å². The maximum Gasteiger partial charge on any atom is 0.273 e. The molecular formula is C34H31N5O5S. The van der Waals surface area contributed by atoms with Gasteiger partial charge in [0.2, 0.25) is 11.7 Å². The van der Waals surface area contributed by atoms with Crippen LogP contribution in [0, 0.1) is 11.3 Å². The third-order valence-corrected chi connectivity index (χ3v) is 8.40. The highest BCUT2D eigenvalue weighted by Crippen LogP contribution is 2.44. The Balaban J connectivity index is 1.55. The van der Waals surface area contributed by atoms with Crippen LogP contribution in [-0.4, -0.2) is 47.3 Å². The highest BCUT2D eigenvalue weighted by molar-refractivity contribution is 8.00. The number of anilines is 1. The van der Waals surface area contributed by atoms with Crippen LogP contribution in [-0.2, 0) is 4.79 Å². The molecule has 5 aromatic rings. The lowest BCUT2D eigenvalue weighted by Gasteiger charge is -2.18. The Hall–Kier alpha value is -5.47. The molecule has 0 saturated heterocycles. The summed E-state index contributed by atoms with van der Waals surface area (Å²) < 4.78 is 18.0. The van der Waals surface area contributed by atoms with Crippen molar-refractivity contribution < 1.29 is 19.0 Å². The predicted molar refractivity (Wildman–Crippen MR) is 174 cm³/mol. The van der Waals surface area contributed by atoms with Gasteiger partial charge in [-0.2, -0.15) is 5.26 Å². The number of aromatic amines is 1. The number of H-pyrrole nitrogens is 1. The minimum Gasteiger partial charge on any atom is -0.493 e. The smallest absolute Gasteiger partial charge is 0.273 e. The average Bonchev–Trinajstić information content (AvgIpc) is 3.45. The van der Waals surface area contributed by atoms with E-state index in [9.17, 15) is 14.9 Å². The number of nitrogens with zero attached hydrogens (tertiary/aromatic N) is 3. The van der Waals surface area contributed by atoms with Gasteiger partial charge in [-0.25, -0.2) is 9.67 Å². The number of carbonyl (C=O) groups is 1. The molecule has 0 bridgehead atoms. The first-order valence-electron chi connectivity index (χ1n) is 14.1. The molecule has 0 saturated carbocycles. The minimum atomic E-state index is -0.632. The lowest BCUT2D eigenvalue weighted by atomic mass is 9.98. The van der Waals surface area contributed by atoms with Crippen molar-refractivity contribution in [3.8, 4) is 51.4 Å². The Morgan fingerprint density at radius 1 is 0.956 bits per heavy atom. The quantitative estimate of drug-likeness (QED) is 0.164. The van der Waals surface area contributed by atoms with Crippen LogP contribution in [0.25, 0.3) is 28.1 Å². The summed E-state index contributed by atoms with van der Waals surface area (Å²) in [4.78, 5) is 31.0. The monoisotopic (exact) mass is 621 g/mol. The number of aromatic nitrogens is 3. The second kappa shape index (κ2) is 13.9. The largest absolute Gasteiger partial charge is 0.493 e. The molecule has 2 aromatic heterocycles. The van der Waals surface area contributed by atoms with Crippen molar-refractivity contribution in [1.82, 2.24) is 14.8 Å². The van der Waals surface area contributed by atoms with Crippen molar-refractivity contribution in [1.29, 1.82) is 5.26 Å². The maximum absolute atomic E-state index is 13.5. The fourth-order valence-electron chi connectivity index (χ4n) is 4.84.